The van der Waals surface area contributed by atoms with E-state index in [-0.39, 0.29) is 17.6 Å². The van der Waals surface area contributed by atoms with Gasteiger partial charge in [0, 0.05) is 11.6 Å². The van der Waals surface area contributed by atoms with Crippen molar-refractivity contribution in [3.8, 4) is 11.1 Å². The molecule has 0 radical (unpaired) electrons. The molecule has 294 valence electrons. The highest BCUT2D eigenvalue weighted by molar-refractivity contribution is 5.68. The van der Waals surface area contributed by atoms with Crippen LogP contribution in [0.15, 0.2) is 186 Å². The zero-order valence-corrected chi connectivity index (χ0v) is 34.4. The molecular formula is C57H56N2. The fraction of sp³-hybridized carbons (Fsp3) is 0.298. The average Bonchev–Trinajstić information content (AvgIpc) is 4.12. The lowest BCUT2D eigenvalue weighted by Crippen LogP contribution is -2.40. The molecule has 1 fully saturated rings. The summed E-state index contributed by atoms with van der Waals surface area (Å²) in [6.45, 7) is 2.51. The molecule has 1 heterocycles. The highest BCUT2D eigenvalue weighted by Gasteiger charge is 2.53. The molecular weight excluding hydrogens is 713 g/mol. The van der Waals surface area contributed by atoms with Crippen LogP contribution >= 0.6 is 0 Å². The lowest BCUT2D eigenvalue weighted by molar-refractivity contribution is 0.418. The van der Waals surface area contributed by atoms with Gasteiger partial charge in [-0.15, -0.1) is 0 Å². The van der Waals surface area contributed by atoms with Crippen LogP contribution in [0.4, 0.5) is 0 Å². The molecule has 59 heavy (non-hydrogen) atoms. The molecule has 0 saturated heterocycles. The summed E-state index contributed by atoms with van der Waals surface area (Å²) in [5.41, 5.74) is 18.6. The van der Waals surface area contributed by atoms with Gasteiger partial charge in [0.25, 0.3) is 0 Å². The van der Waals surface area contributed by atoms with Crippen LogP contribution in [-0.2, 0) is 5.41 Å². The van der Waals surface area contributed by atoms with Crippen molar-refractivity contribution in [1.82, 2.24) is 10.6 Å². The second kappa shape index (κ2) is 15.3. The fourth-order valence-corrected chi connectivity index (χ4v) is 11.8. The first-order valence-electron chi connectivity index (χ1n) is 22.6. The van der Waals surface area contributed by atoms with Gasteiger partial charge in [-0.2, -0.15) is 0 Å². The molecule has 2 nitrogen and oxygen atoms in total. The topological polar surface area (TPSA) is 24.1 Å². The van der Waals surface area contributed by atoms with Gasteiger partial charge in [0.1, 0.15) is 6.17 Å². The smallest absolute Gasteiger partial charge is 0.104 e. The Morgan fingerprint density at radius 1 is 0.610 bits per heavy atom. The summed E-state index contributed by atoms with van der Waals surface area (Å²) in [6, 6.07) is 49.0. The van der Waals surface area contributed by atoms with E-state index in [1.54, 1.807) is 33.4 Å². The zero-order chi connectivity index (χ0) is 39.3. The van der Waals surface area contributed by atoms with Crippen LogP contribution in [0.2, 0.25) is 0 Å². The van der Waals surface area contributed by atoms with E-state index in [2.05, 4.69) is 181 Å². The average molecular weight is 769 g/mol. The minimum atomic E-state index is -0.200. The number of fused-ring (bicyclic) bond motifs is 5. The lowest BCUT2D eigenvalue weighted by Gasteiger charge is -2.45. The van der Waals surface area contributed by atoms with Gasteiger partial charge in [-0.3, -0.25) is 5.32 Å². The van der Waals surface area contributed by atoms with Gasteiger partial charge in [0.05, 0.1) is 11.5 Å². The summed E-state index contributed by atoms with van der Waals surface area (Å²) in [4.78, 5) is 0. The van der Waals surface area contributed by atoms with Gasteiger partial charge in [0.15, 0.2) is 0 Å². The molecule has 0 spiro atoms. The fourth-order valence-electron chi connectivity index (χ4n) is 11.8. The first-order valence-corrected chi connectivity index (χ1v) is 22.6. The quantitative estimate of drug-likeness (QED) is 0.161. The molecule has 0 amide bonds. The van der Waals surface area contributed by atoms with E-state index in [0.29, 0.717) is 23.7 Å². The van der Waals surface area contributed by atoms with E-state index in [0.717, 1.165) is 19.3 Å². The molecule has 6 unspecified atom stereocenters. The molecule has 2 N–H and O–H groups in total. The third-order valence-electron chi connectivity index (χ3n) is 14.6. The van der Waals surface area contributed by atoms with E-state index in [1.165, 1.54) is 77.6 Å². The van der Waals surface area contributed by atoms with Gasteiger partial charge in [-0.1, -0.05) is 170 Å². The van der Waals surface area contributed by atoms with Crippen molar-refractivity contribution in [2.75, 3.05) is 0 Å². The first kappa shape index (κ1) is 36.6. The molecule has 0 bridgehead atoms. The summed E-state index contributed by atoms with van der Waals surface area (Å²) in [6.07, 6.45) is 25.2. The van der Waals surface area contributed by atoms with Gasteiger partial charge in [0.2, 0.25) is 0 Å². The number of nitrogens with one attached hydrogen (secondary N) is 2. The van der Waals surface area contributed by atoms with Crippen molar-refractivity contribution in [3.63, 3.8) is 0 Å². The highest BCUT2D eigenvalue weighted by atomic mass is 15.2. The Morgan fingerprint density at radius 3 is 2.02 bits per heavy atom. The van der Waals surface area contributed by atoms with Crippen LogP contribution in [0.3, 0.4) is 0 Å². The molecule has 1 saturated carbocycles. The molecule has 6 aliphatic rings. The molecule has 6 atom stereocenters. The van der Waals surface area contributed by atoms with Crippen molar-refractivity contribution >= 4 is 0 Å². The van der Waals surface area contributed by atoms with E-state index >= 15 is 0 Å². The minimum absolute atomic E-state index is 0.0125. The second-order valence-electron chi connectivity index (χ2n) is 18.3. The van der Waals surface area contributed by atoms with Crippen molar-refractivity contribution in [2.45, 2.75) is 100 Å². The van der Waals surface area contributed by atoms with Crippen LogP contribution in [0.25, 0.3) is 11.1 Å². The molecule has 2 heteroatoms. The van der Waals surface area contributed by atoms with Crippen LogP contribution in [-0.4, -0.2) is 0 Å². The molecule has 0 aromatic heterocycles. The standard InChI is InChI=1S/C57H56N2/c1-38-31-45(35-47(32-38)57(46-25-9-4-10-26-46)52-29-13-11-27-48(52)50-36-51(50)49-28-12-14-30-53(49)57)43-23-15-21-41(33-43)42-22-16-24-44(34-42)56-58-54(39-17-5-2-6-18-39)37-55(59-56)40-19-7-3-8-20-40/h2-3,5-7,11-19,21-25,27-30,33-35,37-38,45,50-51,54,56,58-59H,4,8-10,20,26,31-32,36H2,1H3. The predicted molar refractivity (Wildman–Crippen MR) is 244 cm³/mol. The maximum Gasteiger partial charge on any atom is 0.104 e. The Hall–Kier alpha value is -5.44. The minimum Gasteiger partial charge on any atom is -0.366 e. The Kier molecular flexibility index (Phi) is 9.50. The number of allylic oxidation sites excluding steroid dienone is 8. The van der Waals surface area contributed by atoms with Crippen LogP contribution < -0.4 is 10.6 Å². The summed E-state index contributed by atoms with van der Waals surface area (Å²) < 4.78 is 0. The van der Waals surface area contributed by atoms with E-state index in [1.807, 2.05) is 0 Å². The van der Waals surface area contributed by atoms with Crippen molar-refractivity contribution < 1.29 is 0 Å². The Bertz CT molecular complexity index is 2490. The molecule has 11 rings (SSSR count). The van der Waals surface area contributed by atoms with Crippen LogP contribution in [0.5, 0.6) is 0 Å². The zero-order valence-electron chi connectivity index (χ0n) is 34.4. The first-order chi connectivity index (χ1) is 29.1. The van der Waals surface area contributed by atoms with Crippen LogP contribution in [0.1, 0.15) is 134 Å². The number of hydrogen-bond donors (Lipinski definition) is 2. The van der Waals surface area contributed by atoms with Gasteiger partial charge >= 0.3 is 0 Å². The van der Waals surface area contributed by atoms with E-state index in [9.17, 15) is 0 Å². The highest BCUT2D eigenvalue weighted by Crippen LogP contribution is 2.65. The largest absolute Gasteiger partial charge is 0.366 e. The second-order valence-corrected chi connectivity index (χ2v) is 18.3. The van der Waals surface area contributed by atoms with Crippen molar-refractivity contribution in [2.24, 2.45) is 5.92 Å². The number of hydrogen-bond acceptors (Lipinski definition) is 2. The summed E-state index contributed by atoms with van der Waals surface area (Å²) >= 11 is 0. The number of benzene rings is 5. The normalized spacial score (nSPS) is 28.3. The van der Waals surface area contributed by atoms with Crippen LogP contribution in [0, 0.1) is 5.92 Å². The molecule has 5 aromatic rings. The summed E-state index contributed by atoms with van der Waals surface area (Å²) in [5, 5.41) is 7.86. The van der Waals surface area contributed by atoms with E-state index < -0.39 is 0 Å². The molecule has 1 aliphatic heterocycles. The van der Waals surface area contributed by atoms with Crippen molar-refractivity contribution in [3.05, 3.63) is 225 Å². The van der Waals surface area contributed by atoms with Gasteiger partial charge in [-0.05, 0) is 143 Å². The SMILES string of the molecule is CC1CC(C2(C3=CCCCC3)c3ccccc3C3CC3c3ccccc32)=CC(c2cccc(-c3cccc(C4NC(C5=CC=CCC5)=CC(c5ccccc5)N4)c3)c2)C1. The third-order valence-corrected chi connectivity index (χ3v) is 14.6. The lowest BCUT2D eigenvalue weighted by atomic mass is 9.57. The summed E-state index contributed by atoms with van der Waals surface area (Å²) in [5.74, 6) is 2.21. The predicted octanol–water partition coefficient (Wildman–Crippen LogP) is 14.0. The van der Waals surface area contributed by atoms with Crippen molar-refractivity contribution in [1.29, 1.82) is 0 Å². The van der Waals surface area contributed by atoms with Gasteiger partial charge < -0.3 is 5.32 Å². The molecule has 5 aliphatic carbocycles. The Morgan fingerprint density at radius 2 is 1.31 bits per heavy atom. The monoisotopic (exact) mass is 768 g/mol. The molecule has 5 aromatic carbocycles. The Balaban J connectivity index is 0.972. The van der Waals surface area contributed by atoms with E-state index in [4.69, 9.17) is 0 Å². The third kappa shape index (κ3) is 6.61. The number of rotatable bonds is 7. The Labute approximate surface area is 351 Å². The maximum atomic E-state index is 3.95. The summed E-state index contributed by atoms with van der Waals surface area (Å²) in [7, 11) is 0. The van der Waals surface area contributed by atoms with Gasteiger partial charge in [-0.25, -0.2) is 0 Å². The maximum absolute atomic E-state index is 3.95.